The zero-order valence-corrected chi connectivity index (χ0v) is 8.07. The number of nitrogens with one attached hydrogen (secondary N) is 1. The van der Waals surface area contributed by atoms with Gasteiger partial charge >= 0.3 is 0 Å². The minimum absolute atomic E-state index is 0.880. The molecule has 0 atom stereocenters. The maximum atomic E-state index is 4.11. The van der Waals surface area contributed by atoms with E-state index in [4.69, 9.17) is 0 Å². The third kappa shape index (κ3) is 2.10. The van der Waals surface area contributed by atoms with Gasteiger partial charge in [0.1, 0.15) is 5.82 Å². The fourth-order valence-corrected chi connectivity index (χ4v) is 1.22. The first-order valence-corrected chi connectivity index (χ1v) is 4.59. The minimum atomic E-state index is 0.880. The molecule has 2 rings (SSSR count). The van der Waals surface area contributed by atoms with Gasteiger partial charge in [-0.1, -0.05) is 35.9 Å². The molecule has 1 N–H and O–H groups in total. The molecule has 0 aliphatic rings. The SMILES string of the molecule is Cc1ccc(/C=C/c2ncc[nH]2)cc1. The van der Waals surface area contributed by atoms with Crippen molar-refractivity contribution in [1.82, 2.24) is 9.97 Å². The number of aromatic nitrogens is 2. The molecule has 0 spiro atoms. The van der Waals surface area contributed by atoms with Crippen LogP contribution in [-0.2, 0) is 0 Å². The quantitative estimate of drug-likeness (QED) is 0.763. The minimum Gasteiger partial charge on any atom is -0.345 e. The summed E-state index contributed by atoms with van der Waals surface area (Å²) in [6, 6.07) is 8.38. The second-order valence-corrected chi connectivity index (χ2v) is 3.22. The van der Waals surface area contributed by atoms with Gasteiger partial charge in [-0.3, -0.25) is 0 Å². The Bertz CT molecular complexity index is 410. The Kier molecular flexibility index (Phi) is 2.45. The molecule has 0 aliphatic heterocycles. The first kappa shape index (κ1) is 8.75. The van der Waals surface area contributed by atoms with Gasteiger partial charge in [0.2, 0.25) is 0 Å². The second-order valence-electron chi connectivity index (χ2n) is 3.22. The van der Waals surface area contributed by atoms with Gasteiger partial charge in [-0.05, 0) is 18.6 Å². The van der Waals surface area contributed by atoms with E-state index in [1.165, 1.54) is 11.1 Å². The van der Waals surface area contributed by atoms with E-state index in [2.05, 4.69) is 41.2 Å². The van der Waals surface area contributed by atoms with Crippen LogP contribution in [0.4, 0.5) is 0 Å². The van der Waals surface area contributed by atoms with Crippen molar-refractivity contribution in [2.24, 2.45) is 0 Å². The Morgan fingerprint density at radius 1 is 1.14 bits per heavy atom. The first-order valence-electron chi connectivity index (χ1n) is 4.59. The van der Waals surface area contributed by atoms with Gasteiger partial charge in [0.25, 0.3) is 0 Å². The van der Waals surface area contributed by atoms with Crippen LogP contribution in [-0.4, -0.2) is 9.97 Å². The van der Waals surface area contributed by atoms with Crippen molar-refractivity contribution in [3.8, 4) is 0 Å². The molecule has 2 heteroatoms. The van der Waals surface area contributed by atoms with Crippen LogP contribution in [0.15, 0.2) is 36.7 Å². The molecule has 2 nitrogen and oxygen atoms in total. The monoisotopic (exact) mass is 184 g/mol. The number of aromatic amines is 1. The van der Waals surface area contributed by atoms with E-state index in [0.29, 0.717) is 0 Å². The summed E-state index contributed by atoms with van der Waals surface area (Å²) in [6.45, 7) is 2.08. The van der Waals surface area contributed by atoms with E-state index in [1.54, 1.807) is 6.20 Å². The van der Waals surface area contributed by atoms with Crippen molar-refractivity contribution in [3.63, 3.8) is 0 Å². The van der Waals surface area contributed by atoms with Crippen LogP contribution in [0.25, 0.3) is 12.2 Å². The highest BCUT2D eigenvalue weighted by atomic mass is 14.9. The summed E-state index contributed by atoms with van der Waals surface area (Å²) in [6.07, 6.45) is 7.56. The topological polar surface area (TPSA) is 28.7 Å². The average Bonchev–Trinajstić information content (AvgIpc) is 2.70. The molecule has 0 radical (unpaired) electrons. The highest BCUT2D eigenvalue weighted by Gasteiger charge is 1.88. The van der Waals surface area contributed by atoms with E-state index in [9.17, 15) is 0 Å². The summed E-state index contributed by atoms with van der Waals surface area (Å²) in [5.74, 6) is 0.880. The lowest BCUT2D eigenvalue weighted by molar-refractivity contribution is 1.27. The van der Waals surface area contributed by atoms with Gasteiger partial charge in [0, 0.05) is 12.4 Å². The van der Waals surface area contributed by atoms with Gasteiger partial charge in [-0.15, -0.1) is 0 Å². The largest absolute Gasteiger partial charge is 0.345 e. The van der Waals surface area contributed by atoms with Crippen molar-refractivity contribution in [2.75, 3.05) is 0 Å². The predicted octanol–water partition coefficient (Wildman–Crippen LogP) is 2.89. The van der Waals surface area contributed by atoms with E-state index in [-0.39, 0.29) is 0 Å². The van der Waals surface area contributed by atoms with Crippen LogP contribution in [0.1, 0.15) is 17.0 Å². The fourth-order valence-electron chi connectivity index (χ4n) is 1.22. The van der Waals surface area contributed by atoms with Crippen LogP contribution in [0, 0.1) is 6.92 Å². The number of benzene rings is 1. The molecule has 0 saturated heterocycles. The highest BCUT2D eigenvalue weighted by molar-refractivity contribution is 5.66. The molecule has 0 bridgehead atoms. The molecule has 0 amide bonds. The molecule has 0 aliphatic carbocycles. The zero-order valence-electron chi connectivity index (χ0n) is 8.07. The number of aryl methyl sites for hydroxylation is 1. The van der Waals surface area contributed by atoms with Gasteiger partial charge in [0.05, 0.1) is 0 Å². The van der Waals surface area contributed by atoms with Gasteiger partial charge < -0.3 is 4.98 Å². The highest BCUT2D eigenvalue weighted by Crippen LogP contribution is 2.06. The Morgan fingerprint density at radius 3 is 2.57 bits per heavy atom. The second kappa shape index (κ2) is 3.92. The van der Waals surface area contributed by atoms with Crippen LogP contribution in [0.3, 0.4) is 0 Å². The smallest absolute Gasteiger partial charge is 0.129 e. The van der Waals surface area contributed by atoms with E-state index < -0.39 is 0 Å². The van der Waals surface area contributed by atoms with Crippen molar-refractivity contribution in [1.29, 1.82) is 0 Å². The Morgan fingerprint density at radius 2 is 1.93 bits per heavy atom. The van der Waals surface area contributed by atoms with Crippen molar-refractivity contribution in [3.05, 3.63) is 53.6 Å². The maximum absolute atomic E-state index is 4.11. The average molecular weight is 184 g/mol. The molecule has 70 valence electrons. The predicted molar refractivity (Wildman–Crippen MR) is 58.7 cm³/mol. The number of imidazole rings is 1. The Labute approximate surface area is 83.3 Å². The molecule has 0 fully saturated rings. The van der Waals surface area contributed by atoms with E-state index >= 15 is 0 Å². The number of hydrogen-bond donors (Lipinski definition) is 1. The Hall–Kier alpha value is -1.83. The lowest BCUT2D eigenvalue weighted by Gasteiger charge is -1.93. The molecule has 1 aromatic carbocycles. The van der Waals surface area contributed by atoms with Crippen LogP contribution in [0.2, 0.25) is 0 Å². The summed E-state index contributed by atoms with van der Waals surface area (Å²) in [4.78, 5) is 7.13. The fraction of sp³-hybridized carbons (Fsp3) is 0.0833. The normalized spacial score (nSPS) is 10.9. The standard InChI is InChI=1S/C12H12N2/c1-10-2-4-11(5-3-10)6-7-12-13-8-9-14-12/h2-9H,1H3,(H,13,14)/b7-6+. The van der Waals surface area contributed by atoms with Crippen LogP contribution < -0.4 is 0 Å². The molecule has 0 saturated carbocycles. The molecule has 14 heavy (non-hydrogen) atoms. The number of H-pyrrole nitrogens is 1. The van der Waals surface area contributed by atoms with Gasteiger partial charge in [0.15, 0.2) is 0 Å². The summed E-state index contributed by atoms with van der Waals surface area (Å²) >= 11 is 0. The van der Waals surface area contributed by atoms with Crippen molar-refractivity contribution in [2.45, 2.75) is 6.92 Å². The number of hydrogen-bond acceptors (Lipinski definition) is 1. The summed E-state index contributed by atoms with van der Waals surface area (Å²) in [5, 5.41) is 0. The Balaban J connectivity index is 2.15. The van der Waals surface area contributed by atoms with E-state index in [0.717, 1.165) is 5.82 Å². The third-order valence-corrected chi connectivity index (χ3v) is 2.03. The molecule has 1 heterocycles. The molecule has 1 aromatic heterocycles. The maximum Gasteiger partial charge on any atom is 0.129 e. The first-order chi connectivity index (χ1) is 6.84. The van der Waals surface area contributed by atoms with Gasteiger partial charge in [-0.25, -0.2) is 4.98 Å². The molecular formula is C12H12N2. The summed E-state index contributed by atoms with van der Waals surface area (Å²) in [7, 11) is 0. The van der Waals surface area contributed by atoms with Crippen LogP contribution in [0.5, 0.6) is 0 Å². The lowest BCUT2D eigenvalue weighted by Crippen LogP contribution is -1.75. The lowest BCUT2D eigenvalue weighted by atomic mass is 10.1. The summed E-state index contributed by atoms with van der Waals surface area (Å²) in [5.41, 5.74) is 2.46. The molecule has 2 aromatic rings. The van der Waals surface area contributed by atoms with E-state index in [1.807, 2.05) is 18.3 Å². The van der Waals surface area contributed by atoms with Crippen LogP contribution >= 0.6 is 0 Å². The number of nitrogens with zero attached hydrogens (tertiary/aromatic N) is 1. The number of rotatable bonds is 2. The van der Waals surface area contributed by atoms with Crippen molar-refractivity contribution >= 4 is 12.2 Å². The summed E-state index contributed by atoms with van der Waals surface area (Å²) < 4.78 is 0. The van der Waals surface area contributed by atoms with Crippen molar-refractivity contribution < 1.29 is 0 Å². The third-order valence-electron chi connectivity index (χ3n) is 2.03. The molecular weight excluding hydrogens is 172 g/mol. The van der Waals surface area contributed by atoms with Gasteiger partial charge in [-0.2, -0.15) is 0 Å². The molecule has 0 unspecified atom stereocenters. The zero-order chi connectivity index (χ0) is 9.80.